The third-order valence-corrected chi connectivity index (χ3v) is 2.63. The molecule has 0 spiro atoms. The quantitative estimate of drug-likeness (QED) is 0.851. The number of aromatic nitrogens is 1. The number of benzene rings is 1. The lowest BCUT2D eigenvalue weighted by Crippen LogP contribution is -1.97. The molecule has 1 aromatic heterocycles. The SMILES string of the molecule is COc1cccc(Cc2ccncc2)c1OC.Cl. The Morgan fingerprint density at radius 2 is 1.72 bits per heavy atom. The number of para-hydroxylation sites is 1. The molecule has 0 radical (unpaired) electrons. The molecule has 1 heterocycles. The van der Waals surface area contributed by atoms with Gasteiger partial charge in [-0.2, -0.15) is 0 Å². The number of hydrogen-bond donors (Lipinski definition) is 0. The molecule has 0 aliphatic carbocycles. The second-order valence-electron chi connectivity index (χ2n) is 3.68. The lowest BCUT2D eigenvalue weighted by atomic mass is 10.0. The van der Waals surface area contributed by atoms with Crippen LogP contribution < -0.4 is 9.47 Å². The molecule has 0 N–H and O–H groups in total. The number of rotatable bonds is 4. The fourth-order valence-corrected chi connectivity index (χ4v) is 1.81. The average Bonchev–Trinajstić information content (AvgIpc) is 2.39. The van der Waals surface area contributed by atoms with Gasteiger partial charge in [0.25, 0.3) is 0 Å². The normalized spacial score (nSPS) is 9.44. The molecule has 0 amide bonds. The molecule has 2 aromatic rings. The van der Waals surface area contributed by atoms with Gasteiger partial charge in [0.2, 0.25) is 0 Å². The summed E-state index contributed by atoms with van der Waals surface area (Å²) in [6.45, 7) is 0. The number of halogens is 1. The highest BCUT2D eigenvalue weighted by atomic mass is 35.5. The minimum Gasteiger partial charge on any atom is -0.493 e. The Bertz CT molecular complexity index is 488. The summed E-state index contributed by atoms with van der Waals surface area (Å²) in [5.41, 5.74) is 2.31. The van der Waals surface area contributed by atoms with Gasteiger partial charge in [-0.05, 0) is 23.8 Å². The Morgan fingerprint density at radius 3 is 2.33 bits per heavy atom. The molecule has 96 valence electrons. The van der Waals surface area contributed by atoms with Crippen LogP contribution in [0.5, 0.6) is 11.5 Å². The maximum atomic E-state index is 5.40. The van der Waals surface area contributed by atoms with Crippen molar-refractivity contribution < 1.29 is 9.47 Å². The van der Waals surface area contributed by atoms with Crippen molar-refractivity contribution in [2.45, 2.75) is 6.42 Å². The smallest absolute Gasteiger partial charge is 0.164 e. The van der Waals surface area contributed by atoms with E-state index in [1.165, 1.54) is 5.56 Å². The van der Waals surface area contributed by atoms with E-state index in [9.17, 15) is 0 Å². The largest absolute Gasteiger partial charge is 0.493 e. The number of hydrogen-bond acceptors (Lipinski definition) is 3. The molecule has 4 heteroatoms. The van der Waals surface area contributed by atoms with Crippen molar-refractivity contribution in [2.75, 3.05) is 14.2 Å². The van der Waals surface area contributed by atoms with Crippen molar-refractivity contribution in [3.05, 3.63) is 53.9 Å². The van der Waals surface area contributed by atoms with Crippen LogP contribution in [0.25, 0.3) is 0 Å². The average molecular weight is 266 g/mol. The first kappa shape index (κ1) is 14.3. The fourth-order valence-electron chi connectivity index (χ4n) is 1.81. The van der Waals surface area contributed by atoms with Crippen molar-refractivity contribution in [1.29, 1.82) is 0 Å². The maximum absolute atomic E-state index is 5.40. The van der Waals surface area contributed by atoms with Crippen molar-refractivity contribution in [3.8, 4) is 11.5 Å². The summed E-state index contributed by atoms with van der Waals surface area (Å²) in [5, 5.41) is 0. The van der Waals surface area contributed by atoms with Gasteiger partial charge in [0, 0.05) is 24.4 Å². The lowest BCUT2D eigenvalue weighted by Gasteiger charge is -2.12. The van der Waals surface area contributed by atoms with E-state index in [0.717, 1.165) is 23.5 Å². The fraction of sp³-hybridized carbons (Fsp3) is 0.214. The lowest BCUT2D eigenvalue weighted by molar-refractivity contribution is 0.352. The molecule has 0 bridgehead atoms. The molecule has 0 aliphatic rings. The van der Waals surface area contributed by atoms with Gasteiger partial charge < -0.3 is 9.47 Å². The Balaban J connectivity index is 0.00000162. The van der Waals surface area contributed by atoms with Gasteiger partial charge in [0.05, 0.1) is 14.2 Å². The van der Waals surface area contributed by atoms with Gasteiger partial charge in [0.1, 0.15) is 0 Å². The zero-order chi connectivity index (χ0) is 12.1. The van der Waals surface area contributed by atoms with Crippen LogP contribution in [0.3, 0.4) is 0 Å². The first-order chi connectivity index (χ1) is 8.35. The summed E-state index contributed by atoms with van der Waals surface area (Å²) in [6, 6.07) is 9.91. The standard InChI is InChI=1S/C14H15NO2.ClH/c1-16-13-5-3-4-12(14(13)17-2)10-11-6-8-15-9-7-11;/h3-9H,10H2,1-2H3;1H. The second kappa shape index (κ2) is 6.87. The summed E-state index contributed by atoms with van der Waals surface area (Å²) < 4.78 is 10.7. The van der Waals surface area contributed by atoms with Crippen LogP contribution in [0, 0.1) is 0 Å². The van der Waals surface area contributed by atoms with Gasteiger partial charge in [-0.3, -0.25) is 4.98 Å². The molecular formula is C14H16ClNO2. The molecule has 0 saturated heterocycles. The van der Waals surface area contributed by atoms with Gasteiger partial charge >= 0.3 is 0 Å². The molecule has 1 aromatic carbocycles. The Morgan fingerprint density at radius 1 is 1.00 bits per heavy atom. The van der Waals surface area contributed by atoms with Gasteiger partial charge in [-0.25, -0.2) is 0 Å². The number of nitrogens with zero attached hydrogens (tertiary/aromatic N) is 1. The zero-order valence-corrected chi connectivity index (χ0v) is 11.2. The van der Waals surface area contributed by atoms with Gasteiger partial charge in [-0.1, -0.05) is 12.1 Å². The summed E-state index contributed by atoms with van der Waals surface area (Å²) in [7, 11) is 3.31. The molecule has 2 rings (SSSR count). The van der Waals surface area contributed by atoms with E-state index >= 15 is 0 Å². The van der Waals surface area contributed by atoms with E-state index in [-0.39, 0.29) is 12.4 Å². The van der Waals surface area contributed by atoms with Gasteiger partial charge in [0.15, 0.2) is 11.5 Å². The van der Waals surface area contributed by atoms with E-state index in [2.05, 4.69) is 4.98 Å². The molecule has 3 nitrogen and oxygen atoms in total. The van der Waals surface area contributed by atoms with Crippen LogP contribution in [-0.4, -0.2) is 19.2 Å². The highest BCUT2D eigenvalue weighted by Crippen LogP contribution is 2.31. The molecule has 0 atom stereocenters. The van der Waals surface area contributed by atoms with Crippen molar-refractivity contribution in [3.63, 3.8) is 0 Å². The summed E-state index contributed by atoms with van der Waals surface area (Å²) >= 11 is 0. The first-order valence-corrected chi connectivity index (χ1v) is 5.44. The molecule has 0 aliphatic heterocycles. The first-order valence-electron chi connectivity index (χ1n) is 5.44. The number of methoxy groups -OCH3 is 2. The Kier molecular flexibility index (Phi) is 5.46. The predicted molar refractivity (Wildman–Crippen MR) is 73.8 cm³/mol. The Hall–Kier alpha value is -1.74. The molecule has 0 saturated carbocycles. The number of ether oxygens (including phenoxy) is 2. The highest BCUT2D eigenvalue weighted by molar-refractivity contribution is 5.85. The predicted octanol–water partition coefficient (Wildman–Crippen LogP) is 3.11. The monoisotopic (exact) mass is 265 g/mol. The summed E-state index contributed by atoms with van der Waals surface area (Å²) in [5.74, 6) is 1.56. The third kappa shape index (κ3) is 3.14. The minimum atomic E-state index is 0. The van der Waals surface area contributed by atoms with Gasteiger partial charge in [-0.15, -0.1) is 12.4 Å². The number of pyridine rings is 1. The van der Waals surface area contributed by atoms with Crippen LogP contribution in [0.4, 0.5) is 0 Å². The molecular weight excluding hydrogens is 250 g/mol. The van der Waals surface area contributed by atoms with E-state index in [0.29, 0.717) is 0 Å². The summed E-state index contributed by atoms with van der Waals surface area (Å²) in [4.78, 5) is 4.01. The third-order valence-electron chi connectivity index (χ3n) is 2.63. The van der Waals surface area contributed by atoms with Crippen molar-refractivity contribution in [1.82, 2.24) is 4.98 Å². The Labute approximate surface area is 113 Å². The van der Waals surface area contributed by atoms with Crippen LogP contribution >= 0.6 is 12.4 Å². The van der Waals surface area contributed by atoms with E-state index in [1.54, 1.807) is 26.6 Å². The van der Waals surface area contributed by atoms with Crippen LogP contribution in [-0.2, 0) is 6.42 Å². The van der Waals surface area contributed by atoms with Crippen molar-refractivity contribution >= 4 is 12.4 Å². The van der Waals surface area contributed by atoms with Crippen LogP contribution in [0.2, 0.25) is 0 Å². The molecule has 18 heavy (non-hydrogen) atoms. The molecule has 0 unspecified atom stereocenters. The van der Waals surface area contributed by atoms with E-state index < -0.39 is 0 Å². The van der Waals surface area contributed by atoms with Crippen LogP contribution in [0.1, 0.15) is 11.1 Å². The zero-order valence-electron chi connectivity index (χ0n) is 10.4. The maximum Gasteiger partial charge on any atom is 0.164 e. The topological polar surface area (TPSA) is 31.4 Å². The van der Waals surface area contributed by atoms with Crippen LogP contribution in [0.15, 0.2) is 42.7 Å². The highest BCUT2D eigenvalue weighted by Gasteiger charge is 2.09. The molecule has 0 fully saturated rings. The van der Waals surface area contributed by atoms with E-state index in [1.807, 2.05) is 30.3 Å². The summed E-state index contributed by atoms with van der Waals surface area (Å²) in [6.07, 6.45) is 4.40. The second-order valence-corrected chi connectivity index (χ2v) is 3.68. The van der Waals surface area contributed by atoms with E-state index in [4.69, 9.17) is 9.47 Å². The van der Waals surface area contributed by atoms with Crippen molar-refractivity contribution in [2.24, 2.45) is 0 Å². The minimum absolute atomic E-state index is 0.